The van der Waals surface area contributed by atoms with Crippen LogP contribution in [0.15, 0.2) is 66.7 Å². The Morgan fingerprint density at radius 1 is 1.03 bits per heavy atom. The fourth-order valence-electron chi connectivity index (χ4n) is 3.69. The van der Waals surface area contributed by atoms with E-state index < -0.39 is 23.8 Å². The topological polar surface area (TPSA) is 118 Å². The molecule has 1 aliphatic rings. The zero-order chi connectivity index (χ0) is 26.7. The molecule has 0 aliphatic carbocycles. The lowest BCUT2D eigenvalue weighted by atomic mass is 10.0. The van der Waals surface area contributed by atoms with Gasteiger partial charge in [0.05, 0.1) is 12.6 Å². The molecule has 1 heterocycles. The van der Waals surface area contributed by atoms with E-state index in [1.165, 1.54) is 0 Å². The number of anilines is 1. The first-order chi connectivity index (χ1) is 17.7. The second-order valence-electron chi connectivity index (χ2n) is 9.75. The molecule has 198 valence electrons. The Morgan fingerprint density at radius 3 is 2.57 bits per heavy atom. The number of rotatable bonds is 5. The van der Waals surface area contributed by atoms with Gasteiger partial charge in [-0.1, -0.05) is 54.6 Å². The Labute approximate surface area is 218 Å². The molecule has 4 N–H and O–H groups in total. The van der Waals surface area contributed by atoms with Crippen molar-refractivity contribution in [2.75, 3.05) is 18.4 Å². The van der Waals surface area contributed by atoms with E-state index in [0.29, 0.717) is 25.1 Å². The summed E-state index contributed by atoms with van der Waals surface area (Å²) in [5, 5.41) is 11.7. The van der Waals surface area contributed by atoms with Gasteiger partial charge in [0, 0.05) is 12.2 Å². The lowest BCUT2D eigenvalue weighted by molar-refractivity contribution is -0.121. The van der Waals surface area contributed by atoms with Crippen molar-refractivity contribution in [3.8, 4) is 0 Å². The molecule has 0 fully saturated rings. The van der Waals surface area contributed by atoms with Gasteiger partial charge in [-0.3, -0.25) is 4.79 Å². The highest BCUT2D eigenvalue weighted by molar-refractivity contribution is 5.85. The van der Waals surface area contributed by atoms with Crippen LogP contribution in [-0.4, -0.2) is 42.8 Å². The quantitative estimate of drug-likeness (QED) is 0.444. The molecule has 3 rings (SSSR count). The number of ether oxygens (including phenoxy) is 2. The summed E-state index contributed by atoms with van der Waals surface area (Å²) in [6, 6.07) is 15.9. The third kappa shape index (κ3) is 9.87. The van der Waals surface area contributed by atoms with E-state index >= 15 is 0 Å². The molecular formula is C28H36N4O5. The average Bonchev–Trinajstić information content (AvgIpc) is 2.86. The lowest BCUT2D eigenvalue weighted by Crippen LogP contribution is -2.48. The molecular weight excluding hydrogens is 472 g/mol. The third-order valence-corrected chi connectivity index (χ3v) is 5.45. The van der Waals surface area contributed by atoms with Crippen LogP contribution in [0.2, 0.25) is 0 Å². The second kappa shape index (κ2) is 13.3. The Hall–Kier alpha value is -4.01. The highest BCUT2D eigenvalue weighted by Gasteiger charge is 2.23. The highest BCUT2D eigenvalue weighted by atomic mass is 16.6. The number of carbonyl (C=O) groups is 3. The molecule has 37 heavy (non-hydrogen) atoms. The first-order valence-electron chi connectivity index (χ1n) is 12.4. The fourth-order valence-corrected chi connectivity index (χ4v) is 3.69. The number of hydrogen-bond acceptors (Lipinski definition) is 6. The average molecular weight is 509 g/mol. The van der Waals surface area contributed by atoms with Crippen molar-refractivity contribution in [3.05, 3.63) is 77.9 Å². The maximum absolute atomic E-state index is 12.8. The summed E-state index contributed by atoms with van der Waals surface area (Å²) in [5.41, 5.74) is 1.79. The van der Waals surface area contributed by atoms with Gasteiger partial charge in [0.25, 0.3) is 0 Å². The van der Waals surface area contributed by atoms with E-state index in [9.17, 15) is 14.4 Å². The number of benzene rings is 2. The minimum atomic E-state index is -0.727. The molecule has 0 radical (unpaired) electrons. The van der Waals surface area contributed by atoms with Gasteiger partial charge in [0.15, 0.2) is 0 Å². The normalized spacial score (nSPS) is 18.9. The van der Waals surface area contributed by atoms with Crippen molar-refractivity contribution in [2.24, 2.45) is 0 Å². The van der Waals surface area contributed by atoms with E-state index in [1.54, 1.807) is 20.8 Å². The van der Waals surface area contributed by atoms with Crippen molar-refractivity contribution < 1.29 is 23.9 Å². The summed E-state index contributed by atoms with van der Waals surface area (Å²) in [5.74, 6) is -0.242. The van der Waals surface area contributed by atoms with Gasteiger partial charge in [0.2, 0.25) is 5.91 Å². The molecule has 3 amide bonds. The van der Waals surface area contributed by atoms with Crippen molar-refractivity contribution in [1.29, 1.82) is 0 Å². The summed E-state index contributed by atoms with van der Waals surface area (Å²) in [7, 11) is 0. The van der Waals surface area contributed by atoms with Gasteiger partial charge in [-0.2, -0.15) is 0 Å². The van der Waals surface area contributed by atoms with Crippen LogP contribution in [0.25, 0.3) is 0 Å². The van der Waals surface area contributed by atoms with Crippen molar-refractivity contribution >= 4 is 23.8 Å². The lowest BCUT2D eigenvalue weighted by Gasteiger charge is -2.23. The standard InChI is InChI=1S/C28H36N4O5/c1-28(2,3)37-26(34)30-18-24-25(33)29-16-9-5-8-15-23(21-13-10-14-22(17-21)31-24)32-27(35)36-19-20-11-6-4-7-12-20/h4-8,10-14,17,23-24,31H,9,15-16,18-19H2,1-3H3,(H,29,33)(H,30,34)(H,32,35)/b8-5+/t23-,24+/m0/s1. The van der Waals surface area contributed by atoms with Gasteiger partial charge in [0.1, 0.15) is 18.2 Å². The van der Waals surface area contributed by atoms with Crippen LogP contribution in [-0.2, 0) is 20.9 Å². The van der Waals surface area contributed by atoms with Crippen LogP contribution in [0.1, 0.15) is 50.8 Å². The van der Waals surface area contributed by atoms with Crippen LogP contribution in [0.5, 0.6) is 0 Å². The van der Waals surface area contributed by atoms with Gasteiger partial charge < -0.3 is 30.7 Å². The summed E-state index contributed by atoms with van der Waals surface area (Å²) < 4.78 is 10.7. The monoisotopic (exact) mass is 508 g/mol. The van der Waals surface area contributed by atoms with E-state index in [1.807, 2.05) is 66.7 Å². The molecule has 0 saturated carbocycles. The minimum absolute atomic E-state index is 0.0360. The van der Waals surface area contributed by atoms with Crippen LogP contribution >= 0.6 is 0 Å². The predicted molar refractivity (Wildman–Crippen MR) is 142 cm³/mol. The number of amides is 3. The summed E-state index contributed by atoms with van der Waals surface area (Å²) >= 11 is 0. The zero-order valence-electron chi connectivity index (χ0n) is 21.6. The molecule has 2 bridgehead atoms. The Bertz CT molecular complexity index is 1080. The smallest absolute Gasteiger partial charge is 0.407 e. The molecule has 1 aliphatic heterocycles. The summed E-state index contributed by atoms with van der Waals surface area (Å²) in [4.78, 5) is 37.6. The minimum Gasteiger partial charge on any atom is -0.445 e. The maximum Gasteiger partial charge on any atom is 0.407 e. The van der Waals surface area contributed by atoms with Crippen LogP contribution in [0.3, 0.4) is 0 Å². The van der Waals surface area contributed by atoms with Crippen LogP contribution in [0.4, 0.5) is 15.3 Å². The number of alkyl carbamates (subject to hydrolysis) is 2. The number of hydrogen-bond donors (Lipinski definition) is 4. The highest BCUT2D eigenvalue weighted by Crippen LogP contribution is 2.22. The third-order valence-electron chi connectivity index (χ3n) is 5.45. The van der Waals surface area contributed by atoms with Gasteiger partial charge in [-0.25, -0.2) is 9.59 Å². The molecule has 2 atom stereocenters. The largest absolute Gasteiger partial charge is 0.445 e. The van der Waals surface area contributed by atoms with Gasteiger partial charge >= 0.3 is 12.2 Å². The molecule has 9 nitrogen and oxygen atoms in total. The molecule has 2 aromatic carbocycles. The molecule has 9 heteroatoms. The number of fused-ring (bicyclic) bond motifs is 2. The van der Waals surface area contributed by atoms with Crippen LogP contribution < -0.4 is 21.3 Å². The van der Waals surface area contributed by atoms with E-state index in [-0.39, 0.29) is 25.1 Å². The molecule has 0 spiro atoms. The summed E-state index contributed by atoms with van der Waals surface area (Å²) in [6.45, 7) is 5.98. The zero-order valence-corrected chi connectivity index (χ0v) is 21.6. The van der Waals surface area contributed by atoms with Gasteiger partial charge in [-0.05, 0) is 56.9 Å². The fraction of sp³-hybridized carbons (Fsp3) is 0.393. The maximum atomic E-state index is 12.8. The van der Waals surface area contributed by atoms with Crippen LogP contribution in [0, 0.1) is 0 Å². The van der Waals surface area contributed by atoms with E-state index in [0.717, 1.165) is 11.1 Å². The Balaban J connectivity index is 1.71. The molecule has 0 unspecified atom stereocenters. The van der Waals surface area contributed by atoms with E-state index in [2.05, 4.69) is 21.3 Å². The second-order valence-corrected chi connectivity index (χ2v) is 9.75. The van der Waals surface area contributed by atoms with Crippen molar-refractivity contribution in [3.63, 3.8) is 0 Å². The van der Waals surface area contributed by atoms with Crippen molar-refractivity contribution in [1.82, 2.24) is 16.0 Å². The Kier molecular flexibility index (Phi) is 9.94. The first kappa shape index (κ1) is 27.6. The number of carbonyl (C=O) groups excluding carboxylic acids is 3. The molecule has 2 aromatic rings. The summed E-state index contributed by atoms with van der Waals surface area (Å²) in [6.07, 6.45) is 4.02. The predicted octanol–water partition coefficient (Wildman–Crippen LogP) is 4.43. The van der Waals surface area contributed by atoms with Crippen molar-refractivity contribution in [2.45, 2.75) is 57.9 Å². The number of nitrogens with one attached hydrogen (secondary N) is 4. The van der Waals surface area contributed by atoms with Gasteiger partial charge in [-0.15, -0.1) is 0 Å². The first-order valence-corrected chi connectivity index (χ1v) is 12.4. The molecule has 0 saturated heterocycles. The Morgan fingerprint density at radius 2 is 1.81 bits per heavy atom. The van der Waals surface area contributed by atoms with E-state index in [4.69, 9.17) is 9.47 Å². The SMILES string of the molecule is CC(C)(C)OC(=O)NC[C@H]1Nc2cccc(c2)[C@@H](NC(=O)OCc2ccccc2)C/C=C/CCNC1=O. The molecule has 0 aromatic heterocycles.